The zero-order chi connectivity index (χ0) is 20.4. The van der Waals surface area contributed by atoms with E-state index in [9.17, 15) is 4.79 Å². The molecule has 2 rings (SSSR count). The van der Waals surface area contributed by atoms with Gasteiger partial charge in [0.15, 0.2) is 11.5 Å². The van der Waals surface area contributed by atoms with Crippen molar-refractivity contribution in [2.24, 2.45) is 0 Å². The number of rotatable bonds is 11. The summed E-state index contributed by atoms with van der Waals surface area (Å²) in [5, 5.41) is 2.92. The molecule has 0 aliphatic rings. The van der Waals surface area contributed by atoms with Gasteiger partial charge in [0.1, 0.15) is 12.4 Å². The van der Waals surface area contributed by atoms with Crippen LogP contribution in [0.4, 0.5) is 5.69 Å². The Labute approximate surface area is 167 Å². The Hall–Kier alpha value is -2.73. The number of carbonyl (C=O) groups is 1. The number of benzene rings is 2. The van der Waals surface area contributed by atoms with Crippen molar-refractivity contribution in [2.45, 2.75) is 20.8 Å². The number of ether oxygens (including phenoxy) is 3. The van der Waals surface area contributed by atoms with Crippen LogP contribution >= 0.6 is 0 Å². The molecule has 28 heavy (non-hydrogen) atoms. The Balaban J connectivity index is 2.08. The minimum Gasteiger partial charge on any atom is -0.493 e. The van der Waals surface area contributed by atoms with Crippen molar-refractivity contribution in [1.82, 2.24) is 4.90 Å². The summed E-state index contributed by atoms with van der Waals surface area (Å²) >= 11 is 0. The normalized spacial score (nSPS) is 10.6. The fourth-order valence-corrected chi connectivity index (χ4v) is 2.80. The molecule has 0 radical (unpaired) electrons. The van der Waals surface area contributed by atoms with Gasteiger partial charge in [-0.2, -0.15) is 0 Å². The molecular formula is C22H30N2O4. The molecule has 0 saturated heterocycles. The Bertz CT molecular complexity index is 760. The van der Waals surface area contributed by atoms with Gasteiger partial charge in [-0.3, -0.25) is 4.79 Å². The summed E-state index contributed by atoms with van der Waals surface area (Å²) in [5.74, 6) is 1.56. The number of nitrogens with zero attached hydrogens (tertiary/aromatic N) is 1. The van der Waals surface area contributed by atoms with Gasteiger partial charge in [0.05, 0.1) is 19.4 Å². The summed E-state index contributed by atoms with van der Waals surface area (Å²) in [4.78, 5) is 15.0. The van der Waals surface area contributed by atoms with E-state index < -0.39 is 0 Å². The smallest absolute Gasteiger partial charge is 0.255 e. The average molecular weight is 386 g/mol. The van der Waals surface area contributed by atoms with Gasteiger partial charge in [0, 0.05) is 12.1 Å². The maximum Gasteiger partial charge on any atom is 0.255 e. The number of methoxy groups -OCH3 is 1. The summed E-state index contributed by atoms with van der Waals surface area (Å²) in [6, 6.07) is 12.6. The van der Waals surface area contributed by atoms with Crippen LogP contribution in [-0.4, -0.2) is 50.8 Å². The van der Waals surface area contributed by atoms with E-state index in [0.717, 1.165) is 19.6 Å². The highest BCUT2D eigenvalue weighted by molar-refractivity contribution is 6.05. The lowest BCUT2D eigenvalue weighted by molar-refractivity contribution is 0.102. The molecule has 0 fully saturated rings. The minimum absolute atomic E-state index is 0.235. The second kappa shape index (κ2) is 11.2. The molecule has 1 amide bonds. The fourth-order valence-electron chi connectivity index (χ4n) is 2.80. The quantitative estimate of drug-likeness (QED) is 0.631. The number of nitrogens with one attached hydrogen (secondary N) is 1. The standard InChI is InChI=1S/C22H30N2O4/c1-5-24(6-2)14-15-28-19-11-9-8-10-18(19)23-22(25)17-12-13-20(27-7-3)21(16-17)26-4/h8-13,16H,5-7,14-15H2,1-4H3,(H,23,25). The summed E-state index contributed by atoms with van der Waals surface area (Å²) in [5.41, 5.74) is 1.12. The fraction of sp³-hybridized carbons (Fsp3) is 0.409. The van der Waals surface area contributed by atoms with Crippen LogP contribution in [-0.2, 0) is 0 Å². The van der Waals surface area contributed by atoms with Crippen LogP contribution in [0.1, 0.15) is 31.1 Å². The SMILES string of the molecule is CCOc1ccc(C(=O)Nc2ccccc2OCCN(CC)CC)cc1OC. The Morgan fingerprint density at radius 1 is 0.964 bits per heavy atom. The van der Waals surface area contributed by atoms with E-state index >= 15 is 0 Å². The number of likely N-dealkylation sites (N-methyl/N-ethyl adjacent to an activating group) is 1. The maximum absolute atomic E-state index is 12.7. The highest BCUT2D eigenvalue weighted by Crippen LogP contribution is 2.29. The van der Waals surface area contributed by atoms with Crippen LogP contribution in [0.3, 0.4) is 0 Å². The van der Waals surface area contributed by atoms with Crippen LogP contribution in [0.2, 0.25) is 0 Å². The molecule has 0 aromatic heterocycles. The van der Waals surface area contributed by atoms with Crippen LogP contribution < -0.4 is 19.5 Å². The number of anilines is 1. The van der Waals surface area contributed by atoms with Crippen LogP contribution in [0.15, 0.2) is 42.5 Å². The van der Waals surface area contributed by atoms with E-state index in [0.29, 0.717) is 41.7 Å². The summed E-state index contributed by atoms with van der Waals surface area (Å²) in [6.45, 7) is 10.1. The first kappa shape index (κ1) is 21.6. The third-order valence-electron chi connectivity index (χ3n) is 4.42. The van der Waals surface area contributed by atoms with Gasteiger partial charge in [-0.05, 0) is 50.3 Å². The molecule has 2 aromatic rings. The van der Waals surface area contributed by atoms with Crippen molar-refractivity contribution in [3.05, 3.63) is 48.0 Å². The molecule has 0 atom stereocenters. The van der Waals surface area contributed by atoms with E-state index in [2.05, 4.69) is 24.1 Å². The zero-order valence-electron chi connectivity index (χ0n) is 17.2. The summed E-state index contributed by atoms with van der Waals surface area (Å²) in [6.07, 6.45) is 0. The molecule has 0 spiro atoms. The number of amides is 1. The van der Waals surface area contributed by atoms with Gasteiger partial charge >= 0.3 is 0 Å². The Morgan fingerprint density at radius 2 is 1.71 bits per heavy atom. The molecule has 6 nitrogen and oxygen atoms in total. The van der Waals surface area contributed by atoms with Crippen molar-refractivity contribution >= 4 is 11.6 Å². The third kappa shape index (κ3) is 5.89. The minimum atomic E-state index is -0.235. The third-order valence-corrected chi connectivity index (χ3v) is 4.42. The van der Waals surface area contributed by atoms with Gasteiger partial charge in [0.25, 0.3) is 5.91 Å². The number of para-hydroxylation sites is 2. The van der Waals surface area contributed by atoms with Crippen molar-refractivity contribution in [1.29, 1.82) is 0 Å². The highest BCUT2D eigenvalue weighted by Gasteiger charge is 2.13. The van der Waals surface area contributed by atoms with Crippen LogP contribution in [0, 0.1) is 0 Å². The van der Waals surface area contributed by atoms with E-state index in [1.807, 2.05) is 31.2 Å². The average Bonchev–Trinajstić information content (AvgIpc) is 2.72. The predicted octanol–water partition coefficient (Wildman–Crippen LogP) is 4.07. The molecule has 0 bridgehead atoms. The summed E-state index contributed by atoms with van der Waals surface area (Å²) < 4.78 is 16.7. The van der Waals surface area contributed by atoms with E-state index in [4.69, 9.17) is 14.2 Å². The van der Waals surface area contributed by atoms with E-state index in [1.54, 1.807) is 25.3 Å². The van der Waals surface area contributed by atoms with Crippen molar-refractivity contribution in [3.63, 3.8) is 0 Å². The van der Waals surface area contributed by atoms with Crippen LogP contribution in [0.25, 0.3) is 0 Å². The lowest BCUT2D eigenvalue weighted by Crippen LogP contribution is -2.28. The highest BCUT2D eigenvalue weighted by atomic mass is 16.5. The molecule has 0 aliphatic carbocycles. The lowest BCUT2D eigenvalue weighted by Gasteiger charge is -2.19. The molecule has 1 N–H and O–H groups in total. The molecule has 0 saturated carbocycles. The van der Waals surface area contributed by atoms with Crippen molar-refractivity contribution < 1.29 is 19.0 Å². The maximum atomic E-state index is 12.7. The van der Waals surface area contributed by atoms with E-state index in [-0.39, 0.29) is 5.91 Å². The molecule has 152 valence electrons. The molecule has 2 aromatic carbocycles. The Kier molecular flexibility index (Phi) is 8.62. The zero-order valence-corrected chi connectivity index (χ0v) is 17.2. The van der Waals surface area contributed by atoms with Crippen molar-refractivity contribution in [3.8, 4) is 17.2 Å². The van der Waals surface area contributed by atoms with Gasteiger partial charge < -0.3 is 24.4 Å². The van der Waals surface area contributed by atoms with Crippen LogP contribution in [0.5, 0.6) is 17.2 Å². The monoisotopic (exact) mass is 386 g/mol. The topological polar surface area (TPSA) is 60.0 Å². The molecular weight excluding hydrogens is 356 g/mol. The van der Waals surface area contributed by atoms with E-state index in [1.165, 1.54) is 0 Å². The molecule has 0 aliphatic heterocycles. The predicted molar refractivity (Wildman–Crippen MR) is 112 cm³/mol. The molecule has 6 heteroatoms. The van der Waals surface area contributed by atoms with Crippen molar-refractivity contribution in [2.75, 3.05) is 45.3 Å². The number of hydrogen-bond donors (Lipinski definition) is 1. The lowest BCUT2D eigenvalue weighted by atomic mass is 10.1. The van der Waals surface area contributed by atoms with Gasteiger partial charge in [-0.15, -0.1) is 0 Å². The first-order valence-electron chi connectivity index (χ1n) is 9.69. The Morgan fingerprint density at radius 3 is 2.39 bits per heavy atom. The summed E-state index contributed by atoms with van der Waals surface area (Å²) in [7, 11) is 1.55. The molecule has 0 unspecified atom stereocenters. The molecule has 0 heterocycles. The second-order valence-electron chi connectivity index (χ2n) is 6.12. The number of carbonyl (C=O) groups excluding carboxylic acids is 1. The first-order valence-corrected chi connectivity index (χ1v) is 9.69. The number of hydrogen-bond acceptors (Lipinski definition) is 5. The second-order valence-corrected chi connectivity index (χ2v) is 6.12. The first-order chi connectivity index (χ1) is 13.6. The largest absolute Gasteiger partial charge is 0.493 e. The van der Waals surface area contributed by atoms with Gasteiger partial charge in [-0.1, -0.05) is 26.0 Å². The van der Waals surface area contributed by atoms with Gasteiger partial charge in [0.2, 0.25) is 0 Å². The van der Waals surface area contributed by atoms with Gasteiger partial charge in [-0.25, -0.2) is 0 Å².